The molecule has 2 aliphatic carbocycles. The molecule has 3 rings (SSSR count). The number of ether oxygens (including phenoxy) is 2. The molecule has 124 valence electrons. The molecule has 0 spiro atoms. The quantitative estimate of drug-likeness (QED) is 0.870. The maximum absolute atomic E-state index is 12.6. The molecule has 2 fully saturated rings. The minimum absolute atomic E-state index is 0.138. The molecule has 1 amide bonds. The number of aliphatic carboxylic acids is 1. The van der Waals surface area contributed by atoms with Gasteiger partial charge < -0.3 is 19.9 Å². The first-order valence-electron chi connectivity index (χ1n) is 7.80. The van der Waals surface area contributed by atoms with Gasteiger partial charge in [-0.1, -0.05) is 0 Å². The third-order valence-corrected chi connectivity index (χ3v) is 5.16. The Morgan fingerprint density at radius 2 is 1.74 bits per heavy atom. The summed E-state index contributed by atoms with van der Waals surface area (Å²) in [4.78, 5) is 24.2. The van der Waals surface area contributed by atoms with Gasteiger partial charge in [-0.05, 0) is 43.2 Å². The molecule has 2 aliphatic rings. The first kappa shape index (κ1) is 15.6. The number of nitrogens with one attached hydrogen (secondary N) is 1. The van der Waals surface area contributed by atoms with Gasteiger partial charge in [0.25, 0.3) is 0 Å². The molecule has 0 aliphatic heterocycles. The van der Waals surface area contributed by atoms with Crippen LogP contribution < -0.4 is 14.8 Å². The van der Waals surface area contributed by atoms with Crippen LogP contribution in [0.25, 0.3) is 0 Å². The summed E-state index contributed by atoms with van der Waals surface area (Å²) < 4.78 is 10.4. The van der Waals surface area contributed by atoms with E-state index in [9.17, 15) is 14.7 Å². The monoisotopic (exact) mass is 319 g/mol. The van der Waals surface area contributed by atoms with Gasteiger partial charge in [0.15, 0.2) is 11.5 Å². The average Bonchev–Trinajstić information content (AvgIpc) is 3.15. The van der Waals surface area contributed by atoms with Gasteiger partial charge in [-0.2, -0.15) is 0 Å². The molecule has 0 radical (unpaired) electrons. The van der Waals surface area contributed by atoms with Gasteiger partial charge in [0.2, 0.25) is 5.91 Å². The van der Waals surface area contributed by atoms with Crippen LogP contribution in [-0.4, -0.2) is 31.2 Å². The van der Waals surface area contributed by atoms with Crippen molar-refractivity contribution in [1.82, 2.24) is 0 Å². The Bertz CT molecular complexity index is 629. The van der Waals surface area contributed by atoms with E-state index >= 15 is 0 Å². The lowest BCUT2D eigenvalue weighted by atomic mass is 9.78. The number of rotatable bonds is 5. The van der Waals surface area contributed by atoms with Crippen LogP contribution in [0.3, 0.4) is 0 Å². The SMILES string of the molecule is COc1ccc(NC(=O)[C@@H]2[C@@H]3CC[C@@H](C3)[C@@H]2C(=O)O)cc1OC. The van der Waals surface area contributed by atoms with Crippen LogP contribution in [0.5, 0.6) is 11.5 Å². The first-order valence-corrected chi connectivity index (χ1v) is 7.80. The Morgan fingerprint density at radius 3 is 2.35 bits per heavy atom. The predicted molar refractivity (Wildman–Crippen MR) is 83.6 cm³/mol. The van der Waals surface area contributed by atoms with Crippen molar-refractivity contribution in [2.45, 2.75) is 19.3 Å². The lowest BCUT2D eigenvalue weighted by Gasteiger charge is -2.27. The topological polar surface area (TPSA) is 84.9 Å². The molecule has 1 aromatic carbocycles. The summed E-state index contributed by atoms with van der Waals surface area (Å²) in [6, 6.07) is 5.12. The third kappa shape index (κ3) is 2.73. The zero-order valence-corrected chi connectivity index (χ0v) is 13.2. The number of hydrogen-bond acceptors (Lipinski definition) is 4. The first-order chi connectivity index (χ1) is 11.0. The number of carboxylic acid groups (broad SMARTS) is 1. The lowest BCUT2D eigenvalue weighted by molar-refractivity contribution is -0.148. The van der Waals surface area contributed by atoms with Gasteiger partial charge in [-0.15, -0.1) is 0 Å². The fraction of sp³-hybridized carbons (Fsp3) is 0.529. The summed E-state index contributed by atoms with van der Waals surface area (Å²) >= 11 is 0. The summed E-state index contributed by atoms with van der Waals surface area (Å²) in [5.41, 5.74) is 0.583. The van der Waals surface area contributed by atoms with Gasteiger partial charge in [0.1, 0.15) is 0 Å². The van der Waals surface area contributed by atoms with E-state index in [1.54, 1.807) is 25.3 Å². The van der Waals surface area contributed by atoms with Crippen molar-refractivity contribution in [1.29, 1.82) is 0 Å². The molecule has 0 saturated heterocycles. The minimum atomic E-state index is -0.857. The van der Waals surface area contributed by atoms with E-state index in [1.807, 2.05) is 0 Å². The van der Waals surface area contributed by atoms with Gasteiger partial charge in [0.05, 0.1) is 26.1 Å². The Morgan fingerprint density at radius 1 is 1.09 bits per heavy atom. The van der Waals surface area contributed by atoms with Gasteiger partial charge >= 0.3 is 5.97 Å². The molecule has 4 atom stereocenters. The Labute approximate surface area is 134 Å². The summed E-state index contributed by atoms with van der Waals surface area (Å²) in [7, 11) is 3.07. The molecular weight excluding hydrogens is 298 g/mol. The molecule has 1 aromatic rings. The van der Waals surface area contributed by atoms with E-state index in [0.717, 1.165) is 19.3 Å². The molecule has 6 nitrogen and oxygen atoms in total. The predicted octanol–water partition coefficient (Wildman–Crippen LogP) is 2.39. The number of carboxylic acids is 1. The summed E-state index contributed by atoms with van der Waals surface area (Å²) in [5.74, 6) is -0.656. The smallest absolute Gasteiger partial charge is 0.307 e. The highest BCUT2D eigenvalue weighted by Crippen LogP contribution is 2.52. The van der Waals surface area contributed by atoms with Gasteiger partial charge in [-0.3, -0.25) is 9.59 Å². The van der Waals surface area contributed by atoms with E-state index < -0.39 is 17.8 Å². The number of amides is 1. The molecule has 0 heterocycles. The molecule has 23 heavy (non-hydrogen) atoms. The van der Waals surface area contributed by atoms with Crippen molar-refractivity contribution in [2.75, 3.05) is 19.5 Å². The van der Waals surface area contributed by atoms with Crippen LogP contribution in [0.1, 0.15) is 19.3 Å². The van der Waals surface area contributed by atoms with Crippen molar-refractivity contribution < 1.29 is 24.2 Å². The average molecular weight is 319 g/mol. The molecule has 0 unspecified atom stereocenters. The van der Waals surface area contributed by atoms with Crippen LogP contribution in [0.4, 0.5) is 5.69 Å². The molecule has 2 N–H and O–H groups in total. The fourth-order valence-electron chi connectivity index (χ4n) is 4.16. The van der Waals surface area contributed by atoms with Crippen LogP contribution in [0, 0.1) is 23.7 Å². The van der Waals surface area contributed by atoms with Crippen LogP contribution in [0.15, 0.2) is 18.2 Å². The number of fused-ring (bicyclic) bond motifs is 2. The van der Waals surface area contributed by atoms with Gasteiger partial charge in [0, 0.05) is 11.8 Å². The molecule has 2 bridgehead atoms. The number of hydrogen-bond donors (Lipinski definition) is 2. The van der Waals surface area contributed by atoms with E-state index in [-0.39, 0.29) is 17.7 Å². The summed E-state index contributed by atoms with van der Waals surface area (Å²) in [6.07, 6.45) is 2.71. The molecular formula is C17H21NO5. The number of anilines is 1. The van der Waals surface area contributed by atoms with Crippen LogP contribution in [0.2, 0.25) is 0 Å². The zero-order valence-electron chi connectivity index (χ0n) is 13.2. The second kappa shape index (κ2) is 6.10. The van der Waals surface area contributed by atoms with E-state index in [4.69, 9.17) is 9.47 Å². The lowest BCUT2D eigenvalue weighted by Crippen LogP contribution is -2.37. The maximum atomic E-state index is 12.6. The number of carbonyl (C=O) groups excluding carboxylic acids is 1. The van der Waals surface area contributed by atoms with Crippen molar-refractivity contribution in [2.24, 2.45) is 23.7 Å². The number of carbonyl (C=O) groups is 2. The Kier molecular flexibility index (Phi) is 4.15. The third-order valence-electron chi connectivity index (χ3n) is 5.16. The Balaban J connectivity index is 1.78. The molecule has 2 saturated carbocycles. The van der Waals surface area contributed by atoms with E-state index in [1.165, 1.54) is 7.11 Å². The highest BCUT2D eigenvalue weighted by atomic mass is 16.5. The highest BCUT2D eigenvalue weighted by molar-refractivity contribution is 5.96. The van der Waals surface area contributed by atoms with Crippen molar-refractivity contribution in [3.8, 4) is 11.5 Å². The highest BCUT2D eigenvalue weighted by Gasteiger charge is 2.53. The second-order valence-electron chi connectivity index (χ2n) is 6.28. The maximum Gasteiger partial charge on any atom is 0.307 e. The van der Waals surface area contributed by atoms with Crippen LogP contribution >= 0.6 is 0 Å². The standard InChI is InChI=1S/C17H21NO5/c1-22-12-6-5-11(8-13(12)23-2)18-16(19)14-9-3-4-10(7-9)15(14)17(20)21/h5-6,8-10,14-15H,3-4,7H2,1-2H3,(H,18,19)(H,20,21)/t9-,10+,14-,15+/m1/s1. The number of benzene rings is 1. The largest absolute Gasteiger partial charge is 0.493 e. The van der Waals surface area contributed by atoms with Crippen LogP contribution in [-0.2, 0) is 9.59 Å². The molecule has 6 heteroatoms. The van der Waals surface area contributed by atoms with Crippen molar-refractivity contribution in [3.05, 3.63) is 18.2 Å². The fourth-order valence-corrected chi connectivity index (χ4v) is 4.16. The number of methoxy groups -OCH3 is 2. The van der Waals surface area contributed by atoms with Crippen molar-refractivity contribution in [3.63, 3.8) is 0 Å². The molecule has 0 aromatic heterocycles. The minimum Gasteiger partial charge on any atom is -0.493 e. The van der Waals surface area contributed by atoms with Crippen molar-refractivity contribution >= 4 is 17.6 Å². The normalized spacial score (nSPS) is 28.4. The summed E-state index contributed by atoms with van der Waals surface area (Å²) in [5, 5.41) is 12.3. The van der Waals surface area contributed by atoms with E-state index in [2.05, 4.69) is 5.32 Å². The Hall–Kier alpha value is -2.24. The van der Waals surface area contributed by atoms with E-state index in [0.29, 0.717) is 17.2 Å². The van der Waals surface area contributed by atoms with Gasteiger partial charge in [-0.25, -0.2) is 0 Å². The summed E-state index contributed by atoms with van der Waals surface area (Å²) in [6.45, 7) is 0. The zero-order chi connectivity index (χ0) is 16.6. The second-order valence-corrected chi connectivity index (χ2v) is 6.28.